The lowest BCUT2D eigenvalue weighted by atomic mass is 10.0. The number of benzene rings is 3. The number of hydrogen-bond acceptors (Lipinski definition) is 5. The Labute approximate surface area is 200 Å². The highest BCUT2D eigenvalue weighted by Gasteiger charge is 2.23. The van der Waals surface area contributed by atoms with Gasteiger partial charge in [0.2, 0.25) is 0 Å². The largest absolute Gasteiger partial charge is 0.340 e. The van der Waals surface area contributed by atoms with E-state index < -0.39 is 0 Å². The summed E-state index contributed by atoms with van der Waals surface area (Å²) in [7, 11) is 0. The molecule has 1 aromatic heterocycles. The van der Waals surface area contributed by atoms with Gasteiger partial charge in [-0.15, -0.1) is 0 Å². The molecule has 1 saturated heterocycles. The number of piperidine rings is 1. The zero-order chi connectivity index (χ0) is 23.3. The molecule has 174 valence electrons. The summed E-state index contributed by atoms with van der Waals surface area (Å²) in [5, 5.41) is 0.699. The predicted molar refractivity (Wildman–Crippen MR) is 138 cm³/mol. The van der Waals surface area contributed by atoms with Gasteiger partial charge in [0.25, 0.3) is 5.56 Å². The van der Waals surface area contributed by atoms with E-state index in [4.69, 9.17) is 5.73 Å². The molecule has 6 heteroatoms. The van der Waals surface area contributed by atoms with Crippen LogP contribution in [0.4, 0.5) is 11.4 Å². The van der Waals surface area contributed by atoms with Gasteiger partial charge in [0, 0.05) is 50.1 Å². The second-order valence-electron chi connectivity index (χ2n) is 8.87. The summed E-state index contributed by atoms with van der Waals surface area (Å²) in [6, 6.07) is 26.7. The molecule has 1 aliphatic heterocycles. The predicted octanol–water partition coefficient (Wildman–Crippen LogP) is 4.33. The molecule has 34 heavy (non-hydrogen) atoms. The number of nitrogens with zero attached hydrogens (tertiary/aromatic N) is 4. The lowest BCUT2D eigenvalue weighted by Crippen LogP contribution is -2.41. The van der Waals surface area contributed by atoms with Gasteiger partial charge in [-0.05, 0) is 48.7 Å². The van der Waals surface area contributed by atoms with Crippen molar-refractivity contribution < 1.29 is 0 Å². The molecule has 0 atom stereocenters. The summed E-state index contributed by atoms with van der Waals surface area (Å²) >= 11 is 0. The molecule has 0 aliphatic carbocycles. The van der Waals surface area contributed by atoms with Crippen molar-refractivity contribution in [2.45, 2.75) is 25.4 Å². The van der Waals surface area contributed by atoms with E-state index in [1.807, 2.05) is 41.0 Å². The topological polar surface area (TPSA) is 67.4 Å². The quantitative estimate of drug-likeness (QED) is 0.451. The SMILES string of the molecule is NCc1ccccc1N(CCN1CCC(n2cnc3ccccc3c2=O)CC1)c1ccccc1. The smallest absolute Gasteiger partial charge is 0.261 e. The Balaban J connectivity index is 1.27. The number of para-hydroxylation sites is 3. The van der Waals surface area contributed by atoms with Crippen molar-refractivity contribution in [2.75, 3.05) is 31.1 Å². The summed E-state index contributed by atoms with van der Waals surface area (Å²) in [6.45, 7) is 4.27. The average molecular weight is 454 g/mol. The van der Waals surface area contributed by atoms with Gasteiger partial charge in [0.1, 0.15) is 0 Å². The number of rotatable bonds is 7. The Hall–Kier alpha value is -3.48. The van der Waals surface area contributed by atoms with E-state index in [2.05, 4.69) is 57.2 Å². The van der Waals surface area contributed by atoms with Crippen molar-refractivity contribution in [2.24, 2.45) is 5.73 Å². The first-order chi connectivity index (χ1) is 16.7. The summed E-state index contributed by atoms with van der Waals surface area (Å²) in [6.07, 6.45) is 3.63. The van der Waals surface area contributed by atoms with Gasteiger partial charge < -0.3 is 15.5 Å². The third-order valence-corrected chi connectivity index (χ3v) is 6.85. The average Bonchev–Trinajstić information content (AvgIpc) is 2.90. The second-order valence-corrected chi connectivity index (χ2v) is 8.87. The highest BCUT2D eigenvalue weighted by molar-refractivity contribution is 5.76. The normalized spacial score (nSPS) is 15.0. The van der Waals surface area contributed by atoms with E-state index in [9.17, 15) is 4.79 Å². The second kappa shape index (κ2) is 10.2. The molecule has 1 fully saturated rings. The fourth-order valence-corrected chi connectivity index (χ4v) is 4.95. The zero-order valence-corrected chi connectivity index (χ0v) is 19.4. The van der Waals surface area contributed by atoms with Gasteiger partial charge in [0.15, 0.2) is 0 Å². The van der Waals surface area contributed by atoms with Gasteiger partial charge in [-0.2, -0.15) is 0 Å². The van der Waals surface area contributed by atoms with Gasteiger partial charge in [-0.25, -0.2) is 4.98 Å². The minimum Gasteiger partial charge on any atom is -0.340 e. The standard InChI is InChI=1S/C28H31N5O/c29-20-22-8-4-7-13-27(22)32(23-9-2-1-3-10-23)19-18-31-16-14-24(15-17-31)33-21-30-26-12-6-5-11-25(26)28(33)34/h1-13,21,24H,14-20,29H2. The Morgan fingerprint density at radius 1 is 0.912 bits per heavy atom. The Morgan fingerprint density at radius 2 is 1.62 bits per heavy atom. The minimum atomic E-state index is 0.0673. The Bertz CT molecular complexity index is 1290. The molecule has 0 bridgehead atoms. The highest BCUT2D eigenvalue weighted by Crippen LogP contribution is 2.29. The van der Waals surface area contributed by atoms with Crippen molar-refractivity contribution in [3.05, 3.63) is 101 Å². The first kappa shape index (κ1) is 22.3. The number of fused-ring (bicyclic) bond motifs is 1. The molecule has 0 unspecified atom stereocenters. The van der Waals surface area contributed by atoms with E-state index >= 15 is 0 Å². The lowest BCUT2D eigenvalue weighted by Gasteiger charge is -2.35. The third-order valence-electron chi connectivity index (χ3n) is 6.85. The summed E-state index contributed by atoms with van der Waals surface area (Å²) in [4.78, 5) is 22.4. The molecule has 0 spiro atoms. The van der Waals surface area contributed by atoms with Crippen LogP contribution in [0.15, 0.2) is 90.0 Å². The van der Waals surface area contributed by atoms with E-state index in [0.717, 1.165) is 50.1 Å². The molecule has 4 aromatic rings. The van der Waals surface area contributed by atoms with Crippen LogP contribution >= 0.6 is 0 Å². The van der Waals surface area contributed by atoms with Gasteiger partial charge in [0.05, 0.1) is 17.2 Å². The number of hydrogen-bond donors (Lipinski definition) is 1. The van der Waals surface area contributed by atoms with Crippen LogP contribution in [0.2, 0.25) is 0 Å². The van der Waals surface area contributed by atoms with Crippen molar-refractivity contribution in [1.29, 1.82) is 0 Å². The maximum Gasteiger partial charge on any atom is 0.261 e. The third kappa shape index (κ3) is 4.60. The Morgan fingerprint density at radius 3 is 2.41 bits per heavy atom. The fraction of sp³-hybridized carbons (Fsp3) is 0.286. The zero-order valence-electron chi connectivity index (χ0n) is 19.4. The number of anilines is 2. The minimum absolute atomic E-state index is 0.0673. The molecule has 6 nitrogen and oxygen atoms in total. The van der Waals surface area contributed by atoms with Crippen LogP contribution in [0.1, 0.15) is 24.4 Å². The first-order valence-corrected chi connectivity index (χ1v) is 12.0. The van der Waals surface area contributed by atoms with Crippen LogP contribution < -0.4 is 16.2 Å². The molecule has 0 saturated carbocycles. The van der Waals surface area contributed by atoms with Crippen LogP contribution in [-0.2, 0) is 6.54 Å². The number of nitrogens with two attached hydrogens (primary N) is 1. The maximum absolute atomic E-state index is 13.0. The lowest BCUT2D eigenvalue weighted by molar-refractivity contribution is 0.188. The van der Waals surface area contributed by atoms with Crippen LogP contribution in [0.5, 0.6) is 0 Å². The van der Waals surface area contributed by atoms with E-state index in [0.29, 0.717) is 11.9 Å². The summed E-state index contributed by atoms with van der Waals surface area (Å²) in [5.41, 5.74) is 10.4. The summed E-state index contributed by atoms with van der Waals surface area (Å²) < 4.78 is 1.84. The summed E-state index contributed by atoms with van der Waals surface area (Å²) in [5.74, 6) is 0. The molecule has 2 N–H and O–H groups in total. The van der Waals surface area contributed by atoms with Crippen molar-refractivity contribution >= 4 is 22.3 Å². The van der Waals surface area contributed by atoms with Crippen molar-refractivity contribution in [3.63, 3.8) is 0 Å². The molecule has 3 aromatic carbocycles. The van der Waals surface area contributed by atoms with Crippen LogP contribution in [0.25, 0.3) is 10.9 Å². The molecule has 5 rings (SSSR count). The number of likely N-dealkylation sites (tertiary alicyclic amines) is 1. The Kier molecular flexibility index (Phi) is 6.70. The van der Waals surface area contributed by atoms with Gasteiger partial charge in [-0.1, -0.05) is 48.5 Å². The monoisotopic (exact) mass is 453 g/mol. The van der Waals surface area contributed by atoms with E-state index in [1.54, 1.807) is 6.33 Å². The van der Waals surface area contributed by atoms with Gasteiger partial charge >= 0.3 is 0 Å². The van der Waals surface area contributed by atoms with Crippen molar-refractivity contribution in [1.82, 2.24) is 14.5 Å². The fourth-order valence-electron chi connectivity index (χ4n) is 4.95. The molecule has 0 amide bonds. The molecule has 0 radical (unpaired) electrons. The van der Waals surface area contributed by atoms with Gasteiger partial charge in [-0.3, -0.25) is 9.36 Å². The van der Waals surface area contributed by atoms with E-state index in [-0.39, 0.29) is 11.6 Å². The van der Waals surface area contributed by atoms with E-state index in [1.165, 1.54) is 11.4 Å². The van der Waals surface area contributed by atoms with Crippen LogP contribution in [-0.4, -0.2) is 40.6 Å². The maximum atomic E-state index is 13.0. The first-order valence-electron chi connectivity index (χ1n) is 12.0. The highest BCUT2D eigenvalue weighted by atomic mass is 16.1. The van der Waals surface area contributed by atoms with Crippen molar-refractivity contribution in [3.8, 4) is 0 Å². The number of aromatic nitrogens is 2. The molecular weight excluding hydrogens is 422 g/mol. The molecule has 1 aliphatic rings. The molecule has 2 heterocycles. The molecular formula is C28H31N5O. The van der Waals surface area contributed by atoms with Crippen LogP contribution in [0.3, 0.4) is 0 Å². The van der Waals surface area contributed by atoms with Crippen LogP contribution in [0, 0.1) is 0 Å².